The fraction of sp³-hybridized carbons (Fsp3) is 0.273. The van der Waals surface area contributed by atoms with E-state index in [0.29, 0.717) is 0 Å². The van der Waals surface area contributed by atoms with E-state index >= 15 is 0 Å². The highest BCUT2D eigenvalue weighted by Crippen LogP contribution is 2.09. The molecule has 0 saturated carbocycles. The lowest BCUT2D eigenvalue weighted by molar-refractivity contribution is -0.136. The number of nitrogens with one attached hydrogen (secondary N) is 1. The third-order valence-electron chi connectivity index (χ3n) is 2.42. The van der Waals surface area contributed by atoms with Gasteiger partial charge in [-0.1, -0.05) is 6.07 Å². The van der Waals surface area contributed by atoms with Crippen LogP contribution in [0.1, 0.15) is 17.7 Å². The highest BCUT2D eigenvalue weighted by Gasteiger charge is 2.30. The Morgan fingerprint density at radius 2 is 2.12 bits per heavy atom. The predicted octanol–water partition coefficient (Wildman–Crippen LogP) is 0.359. The number of imide groups is 2. The molecule has 0 aromatic carbocycles. The molecule has 1 aromatic heterocycles. The van der Waals surface area contributed by atoms with Crippen molar-refractivity contribution < 1.29 is 14.4 Å². The summed E-state index contributed by atoms with van der Waals surface area (Å²) in [6.07, 6.45) is 1.32. The Kier molecular flexibility index (Phi) is 2.86. The Morgan fingerprint density at radius 1 is 1.35 bits per heavy atom. The number of nitrogens with zero attached hydrogens (tertiary/aromatic N) is 2. The average Bonchev–Trinajstić information content (AvgIpc) is 2.26. The molecule has 4 amide bonds. The third kappa shape index (κ3) is 2.47. The van der Waals surface area contributed by atoms with Gasteiger partial charge >= 0.3 is 6.03 Å². The maximum Gasteiger partial charge on any atom is 0.331 e. The Labute approximate surface area is 97.6 Å². The molecule has 0 bridgehead atoms. The largest absolute Gasteiger partial charge is 0.331 e. The Balaban J connectivity index is 2.12. The van der Waals surface area contributed by atoms with Gasteiger partial charge < -0.3 is 0 Å². The summed E-state index contributed by atoms with van der Waals surface area (Å²) in [4.78, 5) is 39.0. The minimum atomic E-state index is -0.674. The number of hydrogen-bond donors (Lipinski definition) is 1. The number of rotatable bonds is 2. The van der Waals surface area contributed by atoms with Crippen molar-refractivity contribution in [2.45, 2.75) is 19.9 Å². The number of amides is 4. The zero-order valence-electron chi connectivity index (χ0n) is 9.27. The van der Waals surface area contributed by atoms with Crippen molar-refractivity contribution in [3.63, 3.8) is 0 Å². The molecule has 1 aliphatic rings. The molecule has 88 valence electrons. The van der Waals surface area contributed by atoms with E-state index in [0.717, 1.165) is 16.2 Å². The number of pyridine rings is 1. The van der Waals surface area contributed by atoms with Gasteiger partial charge in [0.2, 0.25) is 11.8 Å². The van der Waals surface area contributed by atoms with Crippen LogP contribution in [-0.4, -0.2) is 27.7 Å². The summed E-state index contributed by atoms with van der Waals surface area (Å²) in [5, 5.41) is 2.10. The van der Waals surface area contributed by atoms with E-state index in [1.807, 2.05) is 6.92 Å². The van der Waals surface area contributed by atoms with Crippen molar-refractivity contribution in [3.8, 4) is 0 Å². The Hall–Kier alpha value is -2.24. The van der Waals surface area contributed by atoms with Crippen LogP contribution in [0.15, 0.2) is 18.3 Å². The van der Waals surface area contributed by atoms with E-state index in [2.05, 4.69) is 10.3 Å². The quantitative estimate of drug-likeness (QED) is 0.748. The Bertz CT molecular complexity index is 461. The summed E-state index contributed by atoms with van der Waals surface area (Å²) in [5.74, 6) is -1.04. The molecule has 1 saturated heterocycles. The number of urea groups is 1. The molecule has 2 heterocycles. The van der Waals surface area contributed by atoms with Gasteiger partial charge in [-0.3, -0.25) is 24.8 Å². The van der Waals surface area contributed by atoms with E-state index in [1.54, 1.807) is 18.3 Å². The summed E-state index contributed by atoms with van der Waals surface area (Å²) in [6.45, 7) is 1.98. The molecule has 1 fully saturated rings. The molecule has 2 rings (SSSR count). The summed E-state index contributed by atoms with van der Waals surface area (Å²) in [7, 11) is 0. The first-order valence-electron chi connectivity index (χ1n) is 5.12. The zero-order valence-corrected chi connectivity index (χ0v) is 9.27. The summed E-state index contributed by atoms with van der Waals surface area (Å²) < 4.78 is 0. The van der Waals surface area contributed by atoms with Crippen molar-refractivity contribution >= 4 is 17.8 Å². The van der Waals surface area contributed by atoms with Gasteiger partial charge in [-0.2, -0.15) is 0 Å². The molecule has 0 radical (unpaired) electrons. The third-order valence-corrected chi connectivity index (χ3v) is 2.42. The van der Waals surface area contributed by atoms with Crippen molar-refractivity contribution in [3.05, 3.63) is 29.6 Å². The van der Waals surface area contributed by atoms with Gasteiger partial charge in [0, 0.05) is 11.9 Å². The van der Waals surface area contributed by atoms with E-state index in [-0.39, 0.29) is 13.0 Å². The van der Waals surface area contributed by atoms with Crippen molar-refractivity contribution in [1.82, 2.24) is 15.2 Å². The zero-order chi connectivity index (χ0) is 12.4. The first-order valence-corrected chi connectivity index (χ1v) is 5.12. The fourth-order valence-electron chi connectivity index (χ4n) is 1.51. The van der Waals surface area contributed by atoms with E-state index < -0.39 is 17.8 Å². The molecule has 1 N–H and O–H groups in total. The normalized spacial score (nSPS) is 16.1. The van der Waals surface area contributed by atoms with Gasteiger partial charge in [-0.05, 0) is 18.6 Å². The lowest BCUT2D eigenvalue weighted by atomic mass is 10.2. The van der Waals surface area contributed by atoms with Crippen LogP contribution in [0.25, 0.3) is 0 Å². The number of aromatic nitrogens is 1. The van der Waals surface area contributed by atoms with Crippen LogP contribution >= 0.6 is 0 Å². The van der Waals surface area contributed by atoms with Crippen LogP contribution in [0.5, 0.6) is 0 Å². The van der Waals surface area contributed by atoms with Crippen LogP contribution in [0.4, 0.5) is 4.79 Å². The van der Waals surface area contributed by atoms with Gasteiger partial charge in [0.25, 0.3) is 0 Å². The van der Waals surface area contributed by atoms with Crippen LogP contribution in [-0.2, 0) is 16.1 Å². The fourth-order valence-corrected chi connectivity index (χ4v) is 1.51. The maximum atomic E-state index is 11.5. The smallest absolute Gasteiger partial charge is 0.277 e. The lowest BCUT2D eigenvalue weighted by Crippen LogP contribution is -2.52. The highest BCUT2D eigenvalue weighted by molar-refractivity contribution is 6.13. The van der Waals surface area contributed by atoms with Gasteiger partial charge in [0.05, 0.1) is 6.54 Å². The minimum absolute atomic E-state index is 0.130. The van der Waals surface area contributed by atoms with Gasteiger partial charge in [0.1, 0.15) is 6.42 Å². The molecule has 17 heavy (non-hydrogen) atoms. The molecule has 1 aromatic rings. The van der Waals surface area contributed by atoms with Gasteiger partial charge in [-0.15, -0.1) is 0 Å². The van der Waals surface area contributed by atoms with Crippen LogP contribution in [0.3, 0.4) is 0 Å². The van der Waals surface area contributed by atoms with Crippen LogP contribution in [0, 0.1) is 6.92 Å². The maximum absolute atomic E-state index is 11.5. The van der Waals surface area contributed by atoms with E-state index in [4.69, 9.17) is 0 Å². The predicted molar refractivity (Wildman–Crippen MR) is 57.7 cm³/mol. The summed E-state index contributed by atoms with van der Waals surface area (Å²) in [5.41, 5.74) is 1.60. The second-order valence-electron chi connectivity index (χ2n) is 3.82. The minimum Gasteiger partial charge on any atom is -0.277 e. The standard InChI is InChI=1S/C11H11N3O3/c1-7-2-3-8(5-12-7)6-14-10(16)4-9(15)13-11(14)17/h2-3,5H,4,6H2,1H3,(H,13,15,17). The highest BCUT2D eigenvalue weighted by atomic mass is 16.2. The molecule has 6 heteroatoms. The molecular formula is C11H11N3O3. The van der Waals surface area contributed by atoms with E-state index in [9.17, 15) is 14.4 Å². The molecule has 0 atom stereocenters. The number of carbonyl (C=O) groups excluding carboxylic acids is 3. The second-order valence-corrected chi connectivity index (χ2v) is 3.82. The molecular weight excluding hydrogens is 222 g/mol. The number of carbonyl (C=O) groups is 3. The van der Waals surface area contributed by atoms with Gasteiger partial charge in [0.15, 0.2) is 0 Å². The van der Waals surface area contributed by atoms with Crippen molar-refractivity contribution in [2.75, 3.05) is 0 Å². The first-order chi connectivity index (χ1) is 8.06. The van der Waals surface area contributed by atoms with Crippen LogP contribution < -0.4 is 5.32 Å². The Morgan fingerprint density at radius 3 is 2.71 bits per heavy atom. The van der Waals surface area contributed by atoms with E-state index in [1.165, 1.54) is 0 Å². The first kappa shape index (κ1) is 11.3. The monoisotopic (exact) mass is 233 g/mol. The van der Waals surface area contributed by atoms with Gasteiger partial charge in [-0.25, -0.2) is 4.79 Å². The molecule has 1 aliphatic heterocycles. The second kappa shape index (κ2) is 4.32. The molecule has 6 nitrogen and oxygen atoms in total. The van der Waals surface area contributed by atoms with Crippen molar-refractivity contribution in [2.24, 2.45) is 0 Å². The number of barbiturate groups is 1. The van der Waals surface area contributed by atoms with Crippen molar-refractivity contribution in [1.29, 1.82) is 0 Å². The lowest BCUT2D eigenvalue weighted by Gasteiger charge is -2.24. The summed E-state index contributed by atoms with van der Waals surface area (Å²) >= 11 is 0. The number of hydrogen-bond acceptors (Lipinski definition) is 4. The molecule has 0 aliphatic carbocycles. The summed E-state index contributed by atoms with van der Waals surface area (Å²) in [6, 6.07) is 2.92. The average molecular weight is 233 g/mol. The van der Waals surface area contributed by atoms with Crippen LogP contribution in [0.2, 0.25) is 0 Å². The number of aryl methyl sites for hydroxylation is 1. The molecule has 0 spiro atoms. The SMILES string of the molecule is Cc1ccc(CN2C(=O)CC(=O)NC2=O)cn1. The topological polar surface area (TPSA) is 79.4 Å². The molecule has 0 unspecified atom stereocenters.